The first kappa shape index (κ1) is 14.8. The zero-order valence-electron chi connectivity index (χ0n) is 12.7. The Bertz CT molecular complexity index is 922. The first-order chi connectivity index (χ1) is 11.1. The van der Waals surface area contributed by atoms with E-state index in [4.69, 9.17) is 13.9 Å². The normalized spacial score (nSPS) is 10.5. The molecule has 5 nitrogen and oxygen atoms in total. The van der Waals surface area contributed by atoms with Crippen molar-refractivity contribution in [2.75, 3.05) is 7.11 Å². The molecule has 3 rings (SSSR count). The number of hydrogen-bond acceptors (Lipinski definition) is 5. The fourth-order valence-corrected chi connectivity index (χ4v) is 2.14. The molecule has 0 atom stereocenters. The van der Waals surface area contributed by atoms with Gasteiger partial charge in [-0.25, -0.2) is 9.59 Å². The highest BCUT2D eigenvalue weighted by Gasteiger charge is 2.16. The van der Waals surface area contributed by atoms with E-state index < -0.39 is 11.6 Å². The fraction of sp³-hybridized carbons (Fsp3) is 0.111. The van der Waals surface area contributed by atoms with Gasteiger partial charge >= 0.3 is 11.6 Å². The molecule has 0 saturated carbocycles. The summed E-state index contributed by atoms with van der Waals surface area (Å²) in [5.74, 6) is 0.210. The van der Waals surface area contributed by atoms with E-state index in [2.05, 4.69) is 0 Å². The third-order valence-electron chi connectivity index (χ3n) is 3.39. The van der Waals surface area contributed by atoms with Gasteiger partial charge in [-0.15, -0.1) is 0 Å². The molecule has 0 N–H and O–H groups in total. The van der Waals surface area contributed by atoms with Crippen LogP contribution < -0.4 is 15.1 Å². The van der Waals surface area contributed by atoms with Gasteiger partial charge in [-0.05, 0) is 43.3 Å². The number of carbonyl (C=O) groups excluding carboxylic acids is 1. The smallest absolute Gasteiger partial charge is 0.351 e. The zero-order valence-corrected chi connectivity index (χ0v) is 12.7. The summed E-state index contributed by atoms with van der Waals surface area (Å²) >= 11 is 0. The van der Waals surface area contributed by atoms with Gasteiger partial charge in [0.15, 0.2) is 0 Å². The Morgan fingerprint density at radius 2 is 1.70 bits per heavy atom. The van der Waals surface area contributed by atoms with E-state index in [0.717, 1.165) is 5.56 Å². The predicted octanol–water partition coefficient (Wildman–Crippen LogP) is 3.33. The highest BCUT2D eigenvalue weighted by atomic mass is 16.5. The molecule has 0 aliphatic heterocycles. The number of rotatable bonds is 3. The van der Waals surface area contributed by atoms with Crippen molar-refractivity contribution in [2.24, 2.45) is 0 Å². The molecule has 0 aliphatic rings. The van der Waals surface area contributed by atoms with Crippen molar-refractivity contribution >= 4 is 16.9 Å². The van der Waals surface area contributed by atoms with Crippen LogP contribution in [0.25, 0.3) is 11.0 Å². The van der Waals surface area contributed by atoms with Gasteiger partial charge in [-0.3, -0.25) is 0 Å². The molecule has 5 heteroatoms. The summed E-state index contributed by atoms with van der Waals surface area (Å²) in [6.45, 7) is 1.93. The monoisotopic (exact) mass is 310 g/mol. The fourth-order valence-electron chi connectivity index (χ4n) is 2.14. The number of esters is 1. The van der Waals surface area contributed by atoms with Crippen molar-refractivity contribution in [3.8, 4) is 11.5 Å². The second kappa shape index (κ2) is 5.96. The molecule has 0 bridgehead atoms. The van der Waals surface area contributed by atoms with E-state index in [0.29, 0.717) is 22.5 Å². The third kappa shape index (κ3) is 3.08. The Labute approximate surface area is 132 Å². The molecular formula is C18H14O5. The Morgan fingerprint density at radius 1 is 1.00 bits per heavy atom. The molecule has 1 heterocycles. The maximum Gasteiger partial charge on any atom is 0.351 e. The van der Waals surface area contributed by atoms with Crippen LogP contribution in [0.3, 0.4) is 0 Å². The van der Waals surface area contributed by atoms with Gasteiger partial charge in [0.1, 0.15) is 22.6 Å². The van der Waals surface area contributed by atoms with Gasteiger partial charge in [0.25, 0.3) is 0 Å². The van der Waals surface area contributed by atoms with Gasteiger partial charge in [0, 0.05) is 5.39 Å². The lowest BCUT2D eigenvalue weighted by molar-refractivity contribution is 0.0730. The summed E-state index contributed by atoms with van der Waals surface area (Å²) < 4.78 is 15.5. The number of benzene rings is 2. The maximum absolute atomic E-state index is 12.2. The predicted molar refractivity (Wildman–Crippen MR) is 85.2 cm³/mol. The van der Waals surface area contributed by atoms with Crippen LogP contribution in [0.2, 0.25) is 0 Å². The Hall–Kier alpha value is -3.08. The minimum atomic E-state index is -0.757. The number of fused-ring (bicyclic) bond motifs is 1. The van der Waals surface area contributed by atoms with Crippen molar-refractivity contribution in [3.63, 3.8) is 0 Å². The molecule has 0 radical (unpaired) electrons. The number of methoxy groups -OCH3 is 1. The molecule has 116 valence electrons. The van der Waals surface area contributed by atoms with E-state index in [-0.39, 0.29) is 5.56 Å². The molecule has 3 aromatic rings. The zero-order chi connectivity index (χ0) is 16.4. The minimum absolute atomic E-state index is 0.161. The van der Waals surface area contributed by atoms with Crippen molar-refractivity contribution in [1.82, 2.24) is 0 Å². The summed E-state index contributed by atoms with van der Waals surface area (Å²) in [5, 5.41) is 0.583. The van der Waals surface area contributed by atoms with E-state index >= 15 is 0 Å². The second-order valence-corrected chi connectivity index (χ2v) is 5.05. The topological polar surface area (TPSA) is 65.7 Å². The first-order valence-electron chi connectivity index (χ1n) is 6.97. The van der Waals surface area contributed by atoms with Crippen LogP contribution in [0.1, 0.15) is 15.9 Å². The number of carbonyl (C=O) groups is 1. The van der Waals surface area contributed by atoms with Gasteiger partial charge in [-0.2, -0.15) is 0 Å². The first-order valence-corrected chi connectivity index (χ1v) is 6.97. The van der Waals surface area contributed by atoms with E-state index in [9.17, 15) is 9.59 Å². The SMILES string of the molecule is COc1ccc2oc(=O)c(C(=O)Oc3ccc(C)cc3)cc2c1. The number of ether oxygens (including phenoxy) is 2. The molecule has 0 aliphatic carbocycles. The van der Waals surface area contributed by atoms with Gasteiger partial charge in [-0.1, -0.05) is 17.7 Å². The molecule has 1 aromatic heterocycles. The van der Waals surface area contributed by atoms with E-state index in [1.54, 1.807) is 30.3 Å². The summed E-state index contributed by atoms with van der Waals surface area (Å²) in [4.78, 5) is 24.2. The third-order valence-corrected chi connectivity index (χ3v) is 3.39. The van der Waals surface area contributed by atoms with Crippen molar-refractivity contribution in [1.29, 1.82) is 0 Å². The molecule has 0 spiro atoms. The Balaban J connectivity index is 1.97. The van der Waals surface area contributed by atoms with Crippen LogP contribution in [0.5, 0.6) is 11.5 Å². The van der Waals surface area contributed by atoms with Gasteiger partial charge in [0.05, 0.1) is 7.11 Å². The average molecular weight is 310 g/mol. The lowest BCUT2D eigenvalue weighted by Crippen LogP contribution is -2.18. The lowest BCUT2D eigenvalue weighted by atomic mass is 10.2. The Kier molecular flexibility index (Phi) is 3.85. The molecule has 2 aromatic carbocycles. The number of aryl methyl sites for hydroxylation is 1. The van der Waals surface area contributed by atoms with Crippen molar-refractivity contribution < 1.29 is 18.7 Å². The van der Waals surface area contributed by atoms with Gasteiger partial charge < -0.3 is 13.9 Å². The van der Waals surface area contributed by atoms with Crippen LogP contribution in [0.4, 0.5) is 0 Å². The van der Waals surface area contributed by atoms with Crippen LogP contribution in [-0.4, -0.2) is 13.1 Å². The van der Waals surface area contributed by atoms with Crippen LogP contribution in [0, 0.1) is 6.92 Å². The lowest BCUT2D eigenvalue weighted by Gasteiger charge is -2.05. The largest absolute Gasteiger partial charge is 0.497 e. The number of hydrogen-bond donors (Lipinski definition) is 0. The average Bonchev–Trinajstić information content (AvgIpc) is 2.55. The molecule has 23 heavy (non-hydrogen) atoms. The quantitative estimate of drug-likeness (QED) is 0.422. The molecule has 0 unspecified atom stereocenters. The van der Waals surface area contributed by atoms with E-state index in [1.807, 2.05) is 19.1 Å². The molecule has 0 amide bonds. The molecule has 0 saturated heterocycles. The van der Waals surface area contributed by atoms with Crippen LogP contribution in [0.15, 0.2) is 57.7 Å². The highest BCUT2D eigenvalue weighted by Crippen LogP contribution is 2.21. The molecule has 0 fully saturated rings. The summed E-state index contributed by atoms with van der Waals surface area (Å²) in [6, 6.07) is 13.4. The summed E-state index contributed by atoms with van der Waals surface area (Å²) in [6.07, 6.45) is 0. The standard InChI is InChI=1S/C18H14O5/c1-11-3-5-13(6-4-11)22-17(19)15-10-12-9-14(21-2)7-8-16(12)23-18(15)20/h3-10H,1-2H3. The summed E-state index contributed by atoms with van der Waals surface area (Å²) in [7, 11) is 1.53. The van der Waals surface area contributed by atoms with Gasteiger partial charge in [0.2, 0.25) is 0 Å². The summed E-state index contributed by atoms with van der Waals surface area (Å²) in [5.41, 5.74) is 0.524. The Morgan fingerprint density at radius 3 is 2.39 bits per heavy atom. The highest BCUT2D eigenvalue weighted by molar-refractivity contribution is 5.94. The van der Waals surface area contributed by atoms with Crippen LogP contribution >= 0.6 is 0 Å². The van der Waals surface area contributed by atoms with Crippen LogP contribution in [-0.2, 0) is 0 Å². The van der Waals surface area contributed by atoms with E-state index in [1.165, 1.54) is 13.2 Å². The minimum Gasteiger partial charge on any atom is -0.497 e. The second-order valence-electron chi connectivity index (χ2n) is 5.05. The van der Waals surface area contributed by atoms with Crippen molar-refractivity contribution in [3.05, 3.63) is 70.1 Å². The maximum atomic E-state index is 12.2. The van der Waals surface area contributed by atoms with Crippen molar-refractivity contribution in [2.45, 2.75) is 6.92 Å². The molecular weight excluding hydrogens is 296 g/mol.